The Morgan fingerprint density at radius 2 is 1.75 bits per heavy atom. The normalized spacial score (nSPS) is 10.1. The number of carbonyl (C=O) groups excluding carboxylic acids is 1. The Balaban J connectivity index is 1.94. The predicted octanol–water partition coefficient (Wildman–Crippen LogP) is 1.94. The van der Waals surface area contributed by atoms with Crippen LogP contribution in [0, 0.1) is 5.82 Å². The molecule has 0 radical (unpaired) electrons. The maximum atomic E-state index is 13.4. The van der Waals surface area contributed by atoms with Crippen LogP contribution < -0.4 is 16.0 Å². The Morgan fingerprint density at radius 3 is 2.40 bits per heavy atom. The highest BCUT2D eigenvalue weighted by molar-refractivity contribution is 5.77. The zero-order chi connectivity index (χ0) is 14.4. The number of hydrogen-bond donors (Lipinski definition) is 2. The molecule has 1 amide bonds. The molecule has 20 heavy (non-hydrogen) atoms. The number of benzene rings is 2. The van der Waals surface area contributed by atoms with E-state index in [4.69, 9.17) is 10.6 Å². The van der Waals surface area contributed by atoms with Crippen molar-refractivity contribution in [1.29, 1.82) is 0 Å². The van der Waals surface area contributed by atoms with Gasteiger partial charge in [-0.05, 0) is 23.3 Å². The minimum absolute atomic E-state index is 0.221. The average molecular weight is 274 g/mol. The highest BCUT2D eigenvalue weighted by Crippen LogP contribution is 2.17. The smallest absolute Gasteiger partial charge is 0.238 e. The molecule has 4 nitrogen and oxygen atoms in total. The van der Waals surface area contributed by atoms with Gasteiger partial charge in [0.2, 0.25) is 5.91 Å². The molecule has 0 aliphatic carbocycles. The van der Waals surface area contributed by atoms with Gasteiger partial charge in [-0.15, -0.1) is 0 Å². The SMILES string of the molecule is NNC(=O)Cc1ccc(COc2ccccc2F)cc1. The molecule has 0 bridgehead atoms. The summed E-state index contributed by atoms with van der Waals surface area (Å²) in [6.45, 7) is 0.268. The van der Waals surface area contributed by atoms with Gasteiger partial charge in [0.25, 0.3) is 0 Å². The van der Waals surface area contributed by atoms with E-state index >= 15 is 0 Å². The van der Waals surface area contributed by atoms with Crippen LogP contribution in [0.1, 0.15) is 11.1 Å². The minimum atomic E-state index is -0.385. The number of nitrogens with one attached hydrogen (secondary N) is 1. The van der Waals surface area contributed by atoms with Crippen LogP contribution in [0.4, 0.5) is 4.39 Å². The van der Waals surface area contributed by atoms with Gasteiger partial charge < -0.3 is 4.74 Å². The Kier molecular flexibility index (Phi) is 4.68. The second-order valence-corrected chi connectivity index (χ2v) is 4.28. The van der Waals surface area contributed by atoms with Crippen LogP contribution in [-0.2, 0) is 17.8 Å². The lowest BCUT2D eigenvalue weighted by atomic mass is 10.1. The van der Waals surface area contributed by atoms with Crippen LogP contribution in [0.2, 0.25) is 0 Å². The fourth-order valence-electron chi connectivity index (χ4n) is 1.71. The molecule has 104 valence electrons. The minimum Gasteiger partial charge on any atom is -0.486 e. The van der Waals surface area contributed by atoms with Crippen molar-refractivity contribution >= 4 is 5.91 Å². The van der Waals surface area contributed by atoms with Gasteiger partial charge in [0, 0.05) is 0 Å². The Labute approximate surface area is 116 Å². The zero-order valence-electron chi connectivity index (χ0n) is 10.8. The van der Waals surface area contributed by atoms with Crippen molar-refractivity contribution in [2.24, 2.45) is 5.84 Å². The Hall–Kier alpha value is -2.40. The van der Waals surface area contributed by atoms with E-state index < -0.39 is 0 Å². The number of amides is 1. The van der Waals surface area contributed by atoms with E-state index in [2.05, 4.69) is 5.43 Å². The van der Waals surface area contributed by atoms with Gasteiger partial charge in [-0.25, -0.2) is 10.2 Å². The first-order valence-corrected chi connectivity index (χ1v) is 6.13. The third kappa shape index (κ3) is 3.80. The largest absolute Gasteiger partial charge is 0.486 e. The number of ether oxygens (including phenoxy) is 1. The lowest BCUT2D eigenvalue weighted by Crippen LogP contribution is -2.31. The second kappa shape index (κ2) is 6.68. The summed E-state index contributed by atoms with van der Waals surface area (Å²) in [6.07, 6.45) is 0.227. The summed E-state index contributed by atoms with van der Waals surface area (Å²) in [6, 6.07) is 13.6. The fraction of sp³-hybridized carbons (Fsp3) is 0.133. The molecule has 0 fully saturated rings. The van der Waals surface area contributed by atoms with E-state index in [1.54, 1.807) is 18.2 Å². The van der Waals surface area contributed by atoms with E-state index in [1.807, 2.05) is 24.3 Å². The third-order valence-electron chi connectivity index (χ3n) is 2.78. The van der Waals surface area contributed by atoms with Crippen molar-refractivity contribution in [3.05, 3.63) is 65.5 Å². The zero-order valence-corrected chi connectivity index (χ0v) is 10.8. The lowest BCUT2D eigenvalue weighted by molar-refractivity contribution is -0.120. The molecule has 0 saturated heterocycles. The molecular weight excluding hydrogens is 259 g/mol. The molecule has 0 aliphatic heterocycles. The number of rotatable bonds is 5. The second-order valence-electron chi connectivity index (χ2n) is 4.28. The number of hydrogen-bond acceptors (Lipinski definition) is 3. The molecule has 0 aromatic heterocycles. The molecule has 2 aromatic carbocycles. The third-order valence-corrected chi connectivity index (χ3v) is 2.78. The fourth-order valence-corrected chi connectivity index (χ4v) is 1.71. The molecule has 0 heterocycles. The van der Waals surface area contributed by atoms with Gasteiger partial charge in [-0.2, -0.15) is 0 Å². The summed E-state index contributed by atoms with van der Waals surface area (Å²) < 4.78 is 18.7. The first-order chi connectivity index (χ1) is 9.69. The monoisotopic (exact) mass is 274 g/mol. The van der Waals surface area contributed by atoms with Crippen LogP contribution >= 0.6 is 0 Å². The van der Waals surface area contributed by atoms with Gasteiger partial charge in [0.05, 0.1) is 6.42 Å². The Bertz CT molecular complexity index is 585. The molecule has 0 atom stereocenters. The van der Waals surface area contributed by atoms with E-state index in [-0.39, 0.29) is 30.5 Å². The maximum Gasteiger partial charge on any atom is 0.238 e. The number of para-hydroxylation sites is 1. The molecular formula is C15H15FN2O2. The van der Waals surface area contributed by atoms with Crippen molar-refractivity contribution in [3.63, 3.8) is 0 Å². The summed E-state index contributed by atoms with van der Waals surface area (Å²) in [5.74, 6) is 4.61. The molecule has 0 aliphatic rings. The summed E-state index contributed by atoms with van der Waals surface area (Å²) in [7, 11) is 0. The average Bonchev–Trinajstić information content (AvgIpc) is 2.48. The van der Waals surface area contributed by atoms with Crippen molar-refractivity contribution in [2.45, 2.75) is 13.0 Å². The van der Waals surface area contributed by atoms with Gasteiger partial charge >= 0.3 is 0 Å². The molecule has 2 aromatic rings. The van der Waals surface area contributed by atoms with E-state index in [1.165, 1.54) is 6.07 Å². The predicted molar refractivity (Wildman–Crippen MR) is 73.2 cm³/mol. The molecule has 3 N–H and O–H groups in total. The highest BCUT2D eigenvalue weighted by atomic mass is 19.1. The molecule has 0 unspecified atom stereocenters. The van der Waals surface area contributed by atoms with E-state index in [9.17, 15) is 9.18 Å². The van der Waals surface area contributed by atoms with Crippen molar-refractivity contribution in [3.8, 4) is 5.75 Å². The molecule has 2 rings (SSSR count). The van der Waals surface area contributed by atoms with E-state index in [0.29, 0.717) is 0 Å². The topological polar surface area (TPSA) is 64.3 Å². The lowest BCUT2D eigenvalue weighted by Gasteiger charge is -2.07. The van der Waals surface area contributed by atoms with Crippen LogP contribution in [0.3, 0.4) is 0 Å². The standard InChI is InChI=1S/C15H15FN2O2/c16-13-3-1-2-4-14(13)20-10-12-7-5-11(6-8-12)9-15(19)18-17/h1-8H,9-10,17H2,(H,18,19). The number of halogens is 1. The summed E-state index contributed by atoms with van der Waals surface area (Å²) >= 11 is 0. The summed E-state index contributed by atoms with van der Waals surface area (Å²) in [4.78, 5) is 11.1. The van der Waals surface area contributed by atoms with Crippen LogP contribution in [0.15, 0.2) is 48.5 Å². The van der Waals surface area contributed by atoms with Gasteiger partial charge in [-0.3, -0.25) is 10.2 Å². The van der Waals surface area contributed by atoms with E-state index in [0.717, 1.165) is 11.1 Å². The molecule has 0 spiro atoms. The van der Waals surface area contributed by atoms with Crippen molar-refractivity contribution < 1.29 is 13.9 Å². The van der Waals surface area contributed by atoms with Crippen molar-refractivity contribution in [1.82, 2.24) is 5.43 Å². The Morgan fingerprint density at radius 1 is 1.10 bits per heavy atom. The number of hydrazine groups is 1. The quantitative estimate of drug-likeness (QED) is 0.497. The summed E-state index contributed by atoms with van der Waals surface area (Å²) in [5.41, 5.74) is 3.82. The van der Waals surface area contributed by atoms with Gasteiger partial charge in [0.1, 0.15) is 6.61 Å². The highest BCUT2D eigenvalue weighted by Gasteiger charge is 2.03. The van der Waals surface area contributed by atoms with Crippen LogP contribution in [-0.4, -0.2) is 5.91 Å². The molecule has 0 saturated carbocycles. The van der Waals surface area contributed by atoms with Crippen LogP contribution in [0.5, 0.6) is 5.75 Å². The maximum absolute atomic E-state index is 13.4. The van der Waals surface area contributed by atoms with Gasteiger partial charge in [0.15, 0.2) is 11.6 Å². The van der Waals surface area contributed by atoms with Crippen molar-refractivity contribution in [2.75, 3.05) is 0 Å². The summed E-state index contributed by atoms with van der Waals surface area (Å²) in [5, 5.41) is 0. The number of nitrogens with two attached hydrogens (primary N) is 1. The molecule has 5 heteroatoms. The first-order valence-electron chi connectivity index (χ1n) is 6.13. The van der Waals surface area contributed by atoms with Crippen LogP contribution in [0.25, 0.3) is 0 Å². The van der Waals surface area contributed by atoms with Gasteiger partial charge in [-0.1, -0.05) is 36.4 Å². The number of carbonyl (C=O) groups is 1. The first kappa shape index (κ1) is 14.0.